The summed E-state index contributed by atoms with van der Waals surface area (Å²) in [5.41, 5.74) is 5.74. The van der Waals surface area contributed by atoms with Crippen molar-refractivity contribution in [1.82, 2.24) is 5.06 Å². The van der Waals surface area contributed by atoms with E-state index in [1.54, 1.807) is 6.08 Å². The topological polar surface area (TPSA) is 72.6 Å². The minimum absolute atomic E-state index is 0.0989. The number of nitrogens with zero attached hydrogens (tertiary/aromatic N) is 1. The molecule has 2 unspecified atom stereocenters. The fraction of sp³-hybridized carbons (Fsp3) is 0.600. The lowest BCUT2D eigenvalue weighted by molar-refractivity contribution is -0.202. The Morgan fingerprint density at radius 1 is 1.80 bits per heavy atom. The molecule has 5 nitrogen and oxygen atoms in total. The third-order valence-corrected chi connectivity index (χ3v) is 2.45. The second kappa shape index (κ2) is 4.93. The number of nitrogens with two attached hydrogens (primary N) is 1. The average Bonchev–Trinajstić information content (AvgIpc) is 2.17. The zero-order chi connectivity index (χ0) is 11.4. The van der Waals surface area contributed by atoms with Gasteiger partial charge in [0.2, 0.25) is 0 Å². The van der Waals surface area contributed by atoms with Crippen LogP contribution in [-0.4, -0.2) is 29.5 Å². The molecule has 15 heavy (non-hydrogen) atoms. The van der Waals surface area contributed by atoms with Gasteiger partial charge in [0.05, 0.1) is 12.6 Å². The lowest BCUT2D eigenvalue weighted by Gasteiger charge is -2.33. The normalized spacial score (nSPS) is 26.3. The van der Waals surface area contributed by atoms with Crippen LogP contribution in [-0.2, 0) is 14.4 Å². The molecular weight excluding hydrogens is 196 g/mol. The van der Waals surface area contributed by atoms with E-state index in [1.165, 1.54) is 6.92 Å². The predicted octanol–water partition coefficient (Wildman–Crippen LogP) is 0.216. The van der Waals surface area contributed by atoms with Gasteiger partial charge < -0.3 is 10.6 Å². The predicted molar refractivity (Wildman–Crippen MR) is 54.4 cm³/mol. The fourth-order valence-corrected chi connectivity index (χ4v) is 1.67. The van der Waals surface area contributed by atoms with E-state index in [0.29, 0.717) is 13.0 Å². The number of carbonyl (C=O) groups is 2. The Labute approximate surface area is 88.8 Å². The third kappa shape index (κ3) is 2.79. The summed E-state index contributed by atoms with van der Waals surface area (Å²) in [4.78, 5) is 27.1. The maximum absolute atomic E-state index is 11.6. The summed E-state index contributed by atoms with van der Waals surface area (Å²) in [5.74, 6) is -0.733. The molecule has 1 amide bonds. The number of allylic oxidation sites excluding steroid dienone is 1. The SMILES string of the molecule is C=CCC1CCN(OC(C)=O)C(=O)C1N. The van der Waals surface area contributed by atoms with Gasteiger partial charge in [0.1, 0.15) is 0 Å². The maximum atomic E-state index is 11.6. The van der Waals surface area contributed by atoms with Crippen LogP contribution in [0.2, 0.25) is 0 Å². The number of piperidine rings is 1. The van der Waals surface area contributed by atoms with Gasteiger partial charge in [-0.3, -0.25) is 9.59 Å². The van der Waals surface area contributed by atoms with Crippen molar-refractivity contribution in [3.63, 3.8) is 0 Å². The second-order valence-corrected chi connectivity index (χ2v) is 3.62. The van der Waals surface area contributed by atoms with Crippen LogP contribution < -0.4 is 5.73 Å². The Kier molecular flexibility index (Phi) is 3.85. The van der Waals surface area contributed by atoms with E-state index in [9.17, 15) is 9.59 Å². The molecule has 2 N–H and O–H groups in total. The van der Waals surface area contributed by atoms with Gasteiger partial charge in [-0.25, -0.2) is 0 Å². The summed E-state index contributed by atoms with van der Waals surface area (Å²) in [6, 6.07) is -0.601. The third-order valence-electron chi connectivity index (χ3n) is 2.45. The van der Waals surface area contributed by atoms with Gasteiger partial charge in [0.15, 0.2) is 0 Å². The quantitative estimate of drug-likeness (QED) is 0.679. The van der Waals surface area contributed by atoms with E-state index in [2.05, 4.69) is 6.58 Å². The molecule has 84 valence electrons. The largest absolute Gasteiger partial charge is 0.338 e. The average molecular weight is 212 g/mol. The molecule has 1 rings (SSSR count). The first-order chi connectivity index (χ1) is 7.06. The Balaban J connectivity index is 2.60. The van der Waals surface area contributed by atoms with E-state index in [1.807, 2.05) is 0 Å². The summed E-state index contributed by atoms with van der Waals surface area (Å²) in [6.07, 6.45) is 3.19. The molecule has 0 spiro atoms. The zero-order valence-electron chi connectivity index (χ0n) is 8.81. The molecule has 0 radical (unpaired) electrons. The first-order valence-electron chi connectivity index (χ1n) is 4.92. The van der Waals surface area contributed by atoms with Gasteiger partial charge in [-0.15, -0.1) is 6.58 Å². The number of amides is 1. The van der Waals surface area contributed by atoms with Crippen LogP contribution in [0.3, 0.4) is 0 Å². The van der Waals surface area contributed by atoms with Gasteiger partial charge in [0.25, 0.3) is 5.91 Å². The summed E-state index contributed by atoms with van der Waals surface area (Å²) in [5, 5.41) is 1.05. The van der Waals surface area contributed by atoms with Crippen LogP contribution in [0.4, 0.5) is 0 Å². The lowest BCUT2D eigenvalue weighted by Crippen LogP contribution is -2.53. The number of hydroxylamine groups is 2. The molecule has 1 aliphatic heterocycles. The van der Waals surface area contributed by atoms with Crippen LogP contribution >= 0.6 is 0 Å². The lowest BCUT2D eigenvalue weighted by atomic mass is 9.89. The van der Waals surface area contributed by atoms with E-state index < -0.39 is 12.0 Å². The Bertz CT molecular complexity index is 278. The standard InChI is InChI=1S/C10H16N2O3/c1-3-4-8-5-6-12(15-7(2)13)10(14)9(8)11/h3,8-9H,1,4-6,11H2,2H3. The fourth-order valence-electron chi connectivity index (χ4n) is 1.67. The summed E-state index contributed by atoms with van der Waals surface area (Å²) in [7, 11) is 0. The van der Waals surface area contributed by atoms with Crippen molar-refractivity contribution in [3.05, 3.63) is 12.7 Å². The van der Waals surface area contributed by atoms with Crippen molar-refractivity contribution in [2.45, 2.75) is 25.8 Å². The minimum Gasteiger partial charge on any atom is -0.338 e. The van der Waals surface area contributed by atoms with Crippen molar-refractivity contribution >= 4 is 11.9 Å². The van der Waals surface area contributed by atoms with Crippen LogP contribution in [0.15, 0.2) is 12.7 Å². The van der Waals surface area contributed by atoms with Crippen molar-refractivity contribution in [3.8, 4) is 0 Å². The first-order valence-corrected chi connectivity index (χ1v) is 4.92. The van der Waals surface area contributed by atoms with Crippen LogP contribution in [0.25, 0.3) is 0 Å². The number of hydrogen-bond acceptors (Lipinski definition) is 4. The molecule has 1 heterocycles. The molecule has 2 atom stereocenters. The summed E-state index contributed by atoms with van der Waals surface area (Å²) < 4.78 is 0. The highest BCUT2D eigenvalue weighted by Crippen LogP contribution is 2.21. The smallest absolute Gasteiger partial charge is 0.329 e. The van der Waals surface area contributed by atoms with E-state index in [4.69, 9.17) is 10.6 Å². The van der Waals surface area contributed by atoms with Crippen LogP contribution in [0, 0.1) is 5.92 Å². The molecule has 0 bridgehead atoms. The number of hydrogen-bond donors (Lipinski definition) is 1. The minimum atomic E-state index is -0.601. The first kappa shape index (κ1) is 11.7. The van der Waals surface area contributed by atoms with Gasteiger partial charge in [-0.1, -0.05) is 6.08 Å². The Hall–Kier alpha value is -1.36. The Morgan fingerprint density at radius 2 is 2.47 bits per heavy atom. The zero-order valence-corrected chi connectivity index (χ0v) is 8.81. The highest BCUT2D eigenvalue weighted by Gasteiger charge is 2.34. The molecule has 1 fully saturated rings. The molecule has 1 aliphatic rings. The van der Waals surface area contributed by atoms with Crippen molar-refractivity contribution in [1.29, 1.82) is 0 Å². The van der Waals surface area contributed by atoms with E-state index >= 15 is 0 Å². The number of rotatable bonds is 3. The van der Waals surface area contributed by atoms with Crippen molar-refractivity contribution in [2.75, 3.05) is 6.54 Å². The summed E-state index contributed by atoms with van der Waals surface area (Å²) in [6.45, 7) is 5.28. The maximum Gasteiger partial charge on any atom is 0.329 e. The molecule has 0 aromatic carbocycles. The molecule has 0 aromatic rings. The van der Waals surface area contributed by atoms with E-state index in [0.717, 1.165) is 11.5 Å². The monoisotopic (exact) mass is 212 g/mol. The molecule has 0 saturated carbocycles. The molecule has 0 aliphatic carbocycles. The molecule has 5 heteroatoms. The van der Waals surface area contributed by atoms with Gasteiger partial charge >= 0.3 is 5.97 Å². The molecule has 0 aromatic heterocycles. The molecule has 1 saturated heterocycles. The van der Waals surface area contributed by atoms with Crippen molar-refractivity contribution < 1.29 is 14.4 Å². The van der Waals surface area contributed by atoms with Crippen LogP contribution in [0.1, 0.15) is 19.8 Å². The van der Waals surface area contributed by atoms with E-state index in [-0.39, 0.29) is 11.8 Å². The second-order valence-electron chi connectivity index (χ2n) is 3.62. The molecular formula is C10H16N2O3. The Morgan fingerprint density at radius 3 is 3.00 bits per heavy atom. The summed E-state index contributed by atoms with van der Waals surface area (Å²) >= 11 is 0. The number of carbonyl (C=O) groups excluding carboxylic acids is 2. The van der Waals surface area contributed by atoms with Gasteiger partial charge in [0, 0.05) is 6.92 Å². The highest BCUT2D eigenvalue weighted by molar-refractivity contribution is 5.83. The van der Waals surface area contributed by atoms with Gasteiger partial charge in [-0.2, -0.15) is 5.06 Å². The van der Waals surface area contributed by atoms with Crippen molar-refractivity contribution in [2.24, 2.45) is 11.7 Å². The highest BCUT2D eigenvalue weighted by atomic mass is 16.7. The van der Waals surface area contributed by atoms with Gasteiger partial charge in [-0.05, 0) is 18.8 Å². The van der Waals surface area contributed by atoms with Crippen LogP contribution in [0.5, 0.6) is 0 Å².